The first-order chi connectivity index (χ1) is 9.81. The van der Waals surface area contributed by atoms with Crippen molar-refractivity contribution in [3.05, 3.63) is 50.6 Å². The lowest BCUT2D eigenvalue weighted by Crippen LogP contribution is -2.27. The highest BCUT2D eigenvalue weighted by Gasteiger charge is 2.21. The number of carbonyl (C=O) groups is 1. The van der Waals surface area contributed by atoms with Crippen molar-refractivity contribution in [3.63, 3.8) is 0 Å². The highest BCUT2D eigenvalue weighted by atomic mass is 35.5. The van der Waals surface area contributed by atoms with E-state index in [-0.39, 0.29) is 16.0 Å². The van der Waals surface area contributed by atoms with Crippen LogP contribution in [0.5, 0.6) is 0 Å². The molecule has 0 unspecified atom stereocenters. The van der Waals surface area contributed by atoms with Gasteiger partial charge in [0.05, 0.1) is 16.8 Å². The molecule has 1 amide bonds. The molecule has 0 aliphatic rings. The van der Waals surface area contributed by atoms with E-state index >= 15 is 0 Å². The minimum atomic E-state index is -0.588. The number of nitrogens with one attached hydrogen (secondary N) is 1. The summed E-state index contributed by atoms with van der Waals surface area (Å²) in [5.41, 5.74) is 1.30. The van der Waals surface area contributed by atoms with Crippen LogP contribution >= 0.6 is 23.2 Å². The molecule has 21 heavy (non-hydrogen) atoms. The second kappa shape index (κ2) is 6.03. The molecule has 0 aliphatic carbocycles. The molecule has 1 atom stereocenters. The third kappa shape index (κ3) is 3.19. The lowest BCUT2D eigenvalue weighted by molar-refractivity contribution is 0.0938. The van der Waals surface area contributed by atoms with E-state index in [1.165, 1.54) is 12.1 Å². The van der Waals surface area contributed by atoms with E-state index in [4.69, 9.17) is 27.7 Å². The number of hydrogen-bond donors (Lipinski definition) is 1. The van der Waals surface area contributed by atoms with E-state index in [2.05, 4.69) is 10.5 Å². The standard InChI is InChI=1S/C14H13Cl2FN2O2/c1-6(9-4-12(17)11(16)5-10(9)15)18-14(20)13-7(2)19-21-8(13)3/h4-6H,1-3H3,(H,18,20)/t6-/m0/s1. The molecule has 0 radical (unpaired) electrons. The fourth-order valence-electron chi connectivity index (χ4n) is 2.02. The third-order valence-corrected chi connectivity index (χ3v) is 3.73. The summed E-state index contributed by atoms with van der Waals surface area (Å²) in [6, 6.07) is 2.03. The lowest BCUT2D eigenvalue weighted by atomic mass is 10.1. The predicted octanol–water partition coefficient (Wildman–Crippen LogP) is 4.23. The molecule has 1 N–H and O–H groups in total. The van der Waals surface area contributed by atoms with Gasteiger partial charge >= 0.3 is 0 Å². The van der Waals surface area contributed by atoms with Crippen molar-refractivity contribution in [2.24, 2.45) is 0 Å². The van der Waals surface area contributed by atoms with Gasteiger partial charge < -0.3 is 9.84 Å². The number of nitrogens with zero attached hydrogens (tertiary/aromatic N) is 1. The number of aryl methyl sites for hydroxylation is 2. The van der Waals surface area contributed by atoms with Crippen LogP contribution in [0.1, 0.15) is 40.3 Å². The number of amides is 1. The van der Waals surface area contributed by atoms with Crippen LogP contribution in [0.15, 0.2) is 16.7 Å². The van der Waals surface area contributed by atoms with E-state index in [0.717, 1.165) is 0 Å². The highest BCUT2D eigenvalue weighted by molar-refractivity contribution is 6.35. The number of rotatable bonds is 3. The van der Waals surface area contributed by atoms with Gasteiger partial charge in [0.15, 0.2) is 0 Å². The minimum absolute atomic E-state index is 0.0620. The van der Waals surface area contributed by atoms with Gasteiger partial charge in [0.1, 0.15) is 17.1 Å². The Labute approximate surface area is 131 Å². The predicted molar refractivity (Wildman–Crippen MR) is 78.3 cm³/mol. The molecule has 4 nitrogen and oxygen atoms in total. The minimum Gasteiger partial charge on any atom is -0.361 e. The molecule has 1 heterocycles. The van der Waals surface area contributed by atoms with E-state index in [9.17, 15) is 9.18 Å². The Bertz CT molecular complexity index is 681. The van der Waals surface area contributed by atoms with E-state index in [1.54, 1.807) is 20.8 Å². The van der Waals surface area contributed by atoms with Crippen molar-refractivity contribution in [3.8, 4) is 0 Å². The summed E-state index contributed by atoms with van der Waals surface area (Å²) < 4.78 is 18.5. The summed E-state index contributed by atoms with van der Waals surface area (Å²) in [5, 5.41) is 6.68. The summed E-state index contributed by atoms with van der Waals surface area (Å²) in [6.45, 7) is 5.02. The maximum Gasteiger partial charge on any atom is 0.257 e. The van der Waals surface area contributed by atoms with Crippen molar-refractivity contribution in [1.29, 1.82) is 0 Å². The largest absolute Gasteiger partial charge is 0.361 e. The smallest absolute Gasteiger partial charge is 0.257 e. The molecule has 1 aromatic carbocycles. The van der Waals surface area contributed by atoms with E-state index < -0.39 is 11.9 Å². The first-order valence-electron chi connectivity index (χ1n) is 6.19. The third-order valence-electron chi connectivity index (χ3n) is 3.11. The zero-order valence-electron chi connectivity index (χ0n) is 11.6. The molecule has 0 fully saturated rings. The molecular weight excluding hydrogens is 318 g/mol. The maximum atomic E-state index is 13.5. The summed E-state index contributed by atoms with van der Waals surface area (Å²) in [5.74, 6) is -0.523. The number of aromatic nitrogens is 1. The van der Waals surface area contributed by atoms with Gasteiger partial charge in [-0.25, -0.2) is 4.39 Å². The molecule has 2 rings (SSSR count). The molecule has 2 aromatic rings. The van der Waals surface area contributed by atoms with E-state index in [0.29, 0.717) is 22.6 Å². The fraction of sp³-hybridized carbons (Fsp3) is 0.286. The summed E-state index contributed by atoms with van der Waals surface area (Å²) in [4.78, 5) is 12.2. The average molecular weight is 331 g/mol. The maximum absolute atomic E-state index is 13.5. The Hall–Kier alpha value is -1.59. The number of benzene rings is 1. The average Bonchev–Trinajstić information content (AvgIpc) is 2.73. The molecular formula is C14H13Cl2FN2O2. The SMILES string of the molecule is Cc1noc(C)c1C(=O)N[C@@H](C)c1cc(F)c(Cl)cc1Cl. The van der Waals surface area contributed by atoms with Gasteiger partial charge in [-0.3, -0.25) is 4.79 Å². The topological polar surface area (TPSA) is 55.1 Å². The van der Waals surface area contributed by atoms with Crippen LogP contribution in [0, 0.1) is 19.7 Å². The monoisotopic (exact) mass is 330 g/mol. The Morgan fingerprint density at radius 1 is 1.33 bits per heavy atom. The van der Waals surface area contributed by atoms with Crippen LogP contribution in [-0.4, -0.2) is 11.1 Å². The van der Waals surface area contributed by atoms with Gasteiger partial charge in [-0.15, -0.1) is 0 Å². The molecule has 1 aromatic heterocycles. The van der Waals surface area contributed by atoms with Gasteiger partial charge in [0, 0.05) is 5.02 Å². The number of halogens is 3. The second-order valence-electron chi connectivity index (χ2n) is 4.68. The Morgan fingerprint density at radius 2 is 2.00 bits per heavy atom. The van der Waals surface area contributed by atoms with Crippen molar-refractivity contribution < 1.29 is 13.7 Å². The van der Waals surface area contributed by atoms with Crippen LogP contribution in [0.3, 0.4) is 0 Å². The molecule has 0 saturated heterocycles. The summed E-state index contributed by atoms with van der Waals surface area (Å²) in [7, 11) is 0. The van der Waals surface area contributed by atoms with Crippen LogP contribution < -0.4 is 5.32 Å². The first kappa shape index (κ1) is 15.8. The molecule has 0 bridgehead atoms. The summed E-state index contributed by atoms with van der Waals surface area (Å²) >= 11 is 11.7. The quantitative estimate of drug-likeness (QED) is 0.857. The highest BCUT2D eigenvalue weighted by Crippen LogP contribution is 2.29. The molecule has 7 heteroatoms. The van der Waals surface area contributed by atoms with Crippen LogP contribution in [0.25, 0.3) is 0 Å². The van der Waals surface area contributed by atoms with Crippen LogP contribution in [-0.2, 0) is 0 Å². The van der Waals surface area contributed by atoms with Crippen molar-refractivity contribution >= 4 is 29.1 Å². The normalized spacial score (nSPS) is 12.3. The lowest BCUT2D eigenvalue weighted by Gasteiger charge is -2.16. The van der Waals surface area contributed by atoms with Crippen LogP contribution in [0.2, 0.25) is 10.0 Å². The van der Waals surface area contributed by atoms with Gasteiger partial charge in [-0.2, -0.15) is 0 Å². The van der Waals surface area contributed by atoms with Crippen molar-refractivity contribution in [1.82, 2.24) is 10.5 Å². The molecule has 112 valence electrons. The number of hydrogen-bond acceptors (Lipinski definition) is 3. The van der Waals surface area contributed by atoms with Gasteiger partial charge in [-0.05, 0) is 38.5 Å². The molecule has 0 spiro atoms. The Morgan fingerprint density at radius 3 is 2.57 bits per heavy atom. The Kier molecular flexibility index (Phi) is 4.54. The molecule has 0 aliphatic heterocycles. The zero-order valence-corrected chi connectivity index (χ0v) is 13.1. The van der Waals surface area contributed by atoms with Gasteiger partial charge in [0.2, 0.25) is 0 Å². The zero-order chi connectivity index (χ0) is 15.7. The fourth-order valence-corrected chi connectivity index (χ4v) is 2.57. The van der Waals surface area contributed by atoms with Gasteiger partial charge in [0.25, 0.3) is 5.91 Å². The van der Waals surface area contributed by atoms with Crippen molar-refractivity contribution in [2.75, 3.05) is 0 Å². The number of carbonyl (C=O) groups excluding carboxylic acids is 1. The van der Waals surface area contributed by atoms with E-state index in [1.807, 2.05) is 0 Å². The first-order valence-corrected chi connectivity index (χ1v) is 6.95. The van der Waals surface area contributed by atoms with Crippen LogP contribution in [0.4, 0.5) is 4.39 Å². The van der Waals surface area contributed by atoms with Crippen molar-refractivity contribution in [2.45, 2.75) is 26.8 Å². The molecule has 0 saturated carbocycles. The Balaban J connectivity index is 2.24. The summed E-state index contributed by atoms with van der Waals surface area (Å²) in [6.07, 6.45) is 0. The second-order valence-corrected chi connectivity index (χ2v) is 5.50. The van der Waals surface area contributed by atoms with Gasteiger partial charge in [-0.1, -0.05) is 28.4 Å².